The van der Waals surface area contributed by atoms with Crippen molar-refractivity contribution in [2.24, 2.45) is 0 Å². The van der Waals surface area contributed by atoms with E-state index in [1.807, 2.05) is 20.8 Å². The molecule has 1 aliphatic heterocycles. The number of ether oxygens (including phenoxy) is 2. The Morgan fingerprint density at radius 1 is 1.37 bits per heavy atom. The molecule has 1 saturated heterocycles. The maximum absolute atomic E-state index is 15.2. The maximum Gasteiger partial charge on any atom is 0.215 e. The van der Waals surface area contributed by atoms with Crippen LogP contribution in [0.4, 0.5) is 20.3 Å². The Kier molecular flexibility index (Phi) is 10.9. The highest BCUT2D eigenvalue weighted by Crippen LogP contribution is 2.36. The lowest BCUT2D eigenvalue weighted by molar-refractivity contribution is -0.107. The summed E-state index contributed by atoms with van der Waals surface area (Å²) in [6.45, 7) is 7.74. The zero-order valence-corrected chi connectivity index (χ0v) is 18.0. The van der Waals surface area contributed by atoms with Gasteiger partial charge in [-0.05, 0) is 13.0 Å². The topological polar surface area (TPSA) is 85.1 Å². The second-order valence-corrected chi connectivity index (χ2v) is 6.05. The molecule has 1 fully saturated rings. The highest BCUT2D eigenvalue weighted by atomic mass is 19.1. The van der Waals surface area contributed by atoms with Crippen molar-refractivity contribution in [1.82, 2.24) is 5.16 Å². The highest BCUT2D eigenvalue weighted by molar-refractivity contribution is 6.01. The van der Waals surface area contributed by atoms with Crippen LogP contribution in [0.1, 0.15) is 31.1 Å². The number of benzene rings is 1. The molecule has 0 spiro atoms. The van der Waals surface area contributed by atoms with Crippen LogP contribution in [0.5, 0.6) is 0 Å². The predicted octanol–water partition coefficient (Wildman–Crippen LogP) is 3.23. The van der Waals surface area contributed by atoms with Crippen molar-refractivity contribution in [2.45, 2.75) is 26.9 Å². The number of carbonyl (C=O) groups is 2. The van der Waals surface area contributed by atoms with Gasteiger partial charge in [0.25, 0.3) is 0 Å². The molecule has 10 heteroatoms. The van der Waals surface area contributed by atoms with Crippen molar-refractivity contribution in [1.29, 1.82) is 0 Å². The number of morpholine rings is 1. The number of aldehydes is 1. The SMILES string of the molecule is CC.CF.COCCN(C=O)c1noc2c(F)c(N3CCOC(C)C3)c(C=O)cc12. The van der Waals surface area contributed by atoms with E-state index < -0.39 is 5.82 Å². The molecule has 0 radical (unpaired) electrons. The number of anilines is 2. The summed E-state index contributed by atoms with van der Waals surface area (Å²) in [7, 11) is 2.00. The molecule has 1 aromatic carbocycles. The quantitative estimate of drug-likeness (QED) is 0.625. The maximum atomic E-state index is 15.2. The highest BCUT2D eigenvalue weighted by Gasteiger charge is 2.28. The Balaban J connectivity index is 0.00000106. The van der Waals surface area contributed by atoms with Crippen LogP contribution in [0.2, 0.25) is 0 Å². The number of nitrogens with zero attached hydrogens (tertiary/aromatic N) is 3. The number of aromatic nitrogens is 1. The van der Waals surface area contributed by atoms with Gasteiger partial charge in [-0.2, -0.15) is 0 Å². The van der Waals surface area contributed by atoms with Crippen LogP contribution in [-0.4, -0.2) is 71.1 Å². The van der Waals surface area contributed by atoms with Crippen LogP contribution in [-0.2, 0) is 14.3 Å². The molecule has 2 aromatic rings. The van der Waals surface area contributed by atoms with Gasteiger partial charge in [0.1, 0.15) is 0 Å². The van der Waals surface area contributed by atoms with E-state index in [4.69, 9.17) is 14.0 Å². The van der Waals surface area contributed by atoms with Crippen molar-refractivity contribution >= 4 is 35.2 Å². The lowest BCUT2D eigenvalue weighted by atomic mass is 10.1. The number of amides is 1. The first-order chi connectivity index (χ1) is 14.6. The van der Waals surface area contributed by atoms with Gasteiger partial charge < -0.3 is 18.9 Å². The standard InChI is InChI=1S/C17H20FN3O5.C2H6.CH3F/c1-11-8-20(4-6-25-11)15-12(9-22)7-13-16(14(15)18)26-19-17(13)21(10-23)3-5-24-2;2*1-2/h7,9-11H,3-6,8H2,1-2H3;1-2H3;1H3. The van der Waals surface area contributed by atoms with Crippen molar-refractivity contribution in [3.63, 3.8) is 0 Å². The Morgan fingerprint density at radius 3 is 2.63 bits per heavy atom. The van der Waals surface area contributed by atoms with E-state index in [0.717, 1.165) is 0 Å². The lowest BCUT2D eigenvalue weighted by Gasteiger charge is -2.33. The normalized spacial score (nSPS) is 15.6. The van der Waals surface area contributed by atoms with Crippen molar-refractivity contribution in [3.8, 4) is 0 Å². The van der Waals surface area contributed by atoms with Gasteiger partial charge in [-0.15, -0.1) is 0 Å². The molecule has 0 N–H and O–H groups in total. The van der Waals surface area contributed by atoms with Gasteiger partial charge in [0, 0.05) is 25.8 Å². The van der Waals surface area contributed by atoms with Crippen LogP contribution in [0.15, 0.2) is 10.6 Å². The third kappa shape index (κ3) is 5.51. The summed E-state index contributed by atoms with van der Waals surface area (Å²) < 4.78 is 40.2. The number of alkyl halides is 1. The van der Waals surface area contributed by atoms with E-state index in [2.05, 4.69) is 5.16 Å². The molecule has 1 aromatic heterocycles. The summed E-state index contributed by atoms with van der Waals surface area (Å²) in [5.41, 5.74) is 0.245. The third-order valence-corrected chi connectivity index (χ3v) is 4.31. The molecule has 3 rings (SSSR count). The fraction of sp³-hybridized carbons (Fsp3) is 0.550. The molecule has 2 heterocycles. The Labute approximate surface area is 174 Å². The van der Waals surface area contributed by atoms with Crippen LogP contribution in [0.25, 0.3) is 11.0 Å². The predicted molar refractivity (Wildman–Crippen MR) is 111 cm³/mol. The number of fused-ring (bicyclic) bond motifs is 1. The third-order valence-electron chi connectivity index (χ3n) is 4.31. The molecule has 0 bridgehead atoms. The monoisotopic (exact) mass is 429 g/mol. The summed E-state index contributed by atoms with van der Waals surface area (Å²) >= 11 is 0. The smallest absolute Gasteiger partial charge is 0.215 e. The van der Waals surface area contributed by atoms with E-state index >= 15 is 4.39 Å². The second-order valence-electron chi connectivity index (χ2n) is 6.05. The minimum absolute atomic E-state index is 0.0803. The van der Waals surface area contributed by atoms with Gasteiger partial charge in [-0.25, -0.2) is 4.39 Å². The van der Waals surface area contributed by atoms with Crippen molar-refractivity contribution in [3.05, 3.63) is 17.4 Å². The fourth-order valence-electron chi connectivity index (χ4n) is 3.07. The Hall–Kier alpha value is -2.59. The van der Waals surface area contributed by atoms with Crippen LogP contribution in [0.3, 0.4) is 0 Å². The summed E-state index contributed by atoms with van der Waals surface area (Å²) in [4.78, 5) is 26.0. The zero-order valence-electron chi connectivity index (χ0n) is 18.0. The zero-order chi connectivity index (χ0) is 22.7. The summed E-state index contributed by atoms with van der Waals surface area (Å²) in [6.07, 6.45) is 1.07. The Morgan fingerprint density at radius 2 is 2.07 bits per heavy atom. The number of halogens is 2. The van der Waals surface area contributed by atoms with Gasteiger partial charge in [0.15, 0.2) is 17.9 Å². The summed E-state index contributed by atoms with van der Waals surface area (Å²) in [5.74, 6) is -0.522. The Bertz CT molecular complexity index is 815. The van der Waals surface area contributed by atoms with E-state index in [1.165, 1.54) is 18.1 Å². The minimum atomic E-state index is -0.671. The number of methoxy groups -OCH3 is 1. The van der Waals surface area contributed by atoms with Crippen molar-refractivity contribution < 1.29 is 32.4 Å². The molecule has 1 atom stereocenters. The van der Waals surface area contributed by atoms with Gasteiger partial charge in [-0.3, -0.25) is 18.9 Å². The number of hydrogen-bond donors (Lipinski definition) is 0. The molecule has 168 valence electrons. The van der Waals surface area contributed by atoms with Gasteiger partial charge in [0.05, 0.1) is 44.1 Å². The number of rotatable bonds is 7. The van der Waals surface area contributed by atoms with E-state index in [9.17, 15) is 14.0 Å². The van der Waals surface area contributed by atoms with E-state index in [0.29, 0.717) is 39.6 Å². The first kappa shape index (κ1) is 25.4. The molecule has 1 unspecified atom stereocenters. The number of carbonyl (C=O) groups excluding carboxylic acids is 2. The summed E-state index contributed by atoms with van der Waals surface area (Å²) in [5, 5.41) is 4.08. The van der Waals surface area contributed by atoms with Crippen LogP contribution >= 0.6 is 0 Å². The van der Waals surface area contributed by atoms with Gasteiger partial charge in [-0.1, -0.05) is 19.0 Å². The van der Waals surface area contributed by atoms with Gasteiger partial charge >= 0.3 is 0 Å². The number of hydrogen-bond acceptors (Lipinski definition) is 7. The van der Waals surface area contributed by atoms with Crippen LogP contribution in [0, 0.1) is 5.82 Å². The van der Waals surface area contributed by atoms with E-state index in [-0.39, 0.29) is 47.3 Å². The fourth-order valence-corrected chi connectivity index (χ4v) is 3.07. The first-order valence-electron chi connectivity index (χ1n) is 9.63. The average molecular weight is 429 g/mol. The first-order valence-corrected chi connectivity index (χ1v) is 9.63. The molecule has 0 saturated carbocycles. The molecular weight excluding hydrogens is 400 g/mol. The molecule has 30 heavy (non-hydrogen) atoms. The molecule has 0 aliphatic carbocycles. The molecule has 8 nitrogen and oxygen atoms in total. The van der Waals surface area contributed by atoms with E-state index in [1.54, 1.807) is 4.90 Å². The molecule has 1 amide bonds. The minimum Gasteiger partial charge on any atom is -0.383 e. The van der Waals surface area contributed by atoms with Crippen LogP contribution < -0.4 is 9.80 Å². The largest absolute Gasteiger partial charge is 0.383 e. The van der Waals surface area contributed by atoms with Gasteiger partial charge in [0.2, 0.25) is 12.0 Å². The summed E-state index contributed by atoms with van der Waals surface area (Å²) in [6, 6.07) is 1.50. The van der Waals surface area contributed by atoms with Crippen molar-refractivity contribution in [2.75, 3.05) is 56.9 Å². The lowest BCUT2D eigenvalue weighted by Crippen LogP contribution is -2.42. The average Bonchev–Trinajstić information content (AvgIpc) is 3.21. The second kappa shape index (κ2) is 12.9. The molecule has 1 aliphatic rings. The molecular formula is C20H29F2N3O5.